The monoisotopic (exact) mass is 424 g/mol. The van der Waals surface area contributed by atoms with E-state index in [1.165, 1.54) is 11.8 Å². The van der Waals surface area contributed by atoms with Crippen LogP contribution in [0.15, 0.2) is 54.6 Å². The molecule has 0 aromatic heterocycles. The van der Waals surface area contributed by atoms with Crippen molar-refractivity contribution in [3.63, 3.8) is 0 Å². The molecule has 1 atom stereocenters. The number of rotatable bonds is 7. The number of nitrogens with one attached hydrogen (secondary N) is 2. The molecule has 0 unspecified atom stereocenters. The van der Waals surface area contributed by atoms with E-state index in [-0.39, 0.29) is 24.1 Å². The van der Waals surface area contributed by atoms with E-state index in [1.807, 2.05) is 49.4 Å². The highest BCUT2D eigenvalue weighted by molar-refractivity contribution is 7.80. The van der Waals surface area contributed by atoms with E-state index in [4.69, 9.17) is 12.2 Å². The van der Waals surface area contributed by atoms with E-state index in [1.54, 1.807) is 17.0 Å². The van der Waals surface area contributed by atoms with E-state index in [9.17, 15) is 14.4 Å². The Balaban J connectivity index is 1.80. The molecule has 0 radical (unpaired) electrons. The summed E-state index contributed by atoms with van der Waals surface area (Å²) in [4.78, 5) is 40.2. The first-order valence-electron chi connectivity index (χ1n) is 9.67. The van der Waals surface area contributed by atoms with Crippen LogP contribution in [0.3, 0.4) is 0 Å². The fourth-order valence-corrected chi connectivity index (χ4v) is 3.69. The van der Waals surface area contributed by atoms with Gasteiger partial charge in [-0.15, -0.1) is 0 Å². The number of carbonyl (C=O) groups excluding carboxylic acids is 3. The third kappa shape index (κ3) is 5.01. The second-order valence-corrected chi connectivity index (χ2v) is 7.47. The van der Waals surface area contributed by atoms with Gasteiger partial charge in [-0.2, -0.15) is 0 Å². The molecule has 7 nitrogen and oxygen atoms in total. The summed E-state index contributed by atoms with van der Waals surface area (Å²) in [5, 5.41) is 5.85. The Labute approximate surface area is 181 Å². The van der Waals surface area contributed by atoms with Crippen LogP contribution in [-0.2, 0) is 14.4 Å². The van der Waals surface area contributed by atoms with Gasteiger partial charge in [-0.1, -0.05) is 35.9 Å². The Bertz CT molecular complexity index is 947. The predicted octanol–water partition coefficient (Wildman–Crippen LogP) is 2.46. The molecule has 0 bridgehead atoms. The quantitative estimate of drug-likeness (QED) is 0.668. The molecular weight excluding hydrogens is 400 g/mol. The third-order valence-electron chi connectivity index (χ3n) is 4.77. The Hall–Kier alpha value is -3.26. The third-order valence-corrected chi connectivity index (χ3v) is 5.19. The van der Waals surface area contributed by atoms with E-state index >= 15 is 0 Å². The molecule has 2 aromatic carbocycles. The van der Waals surface area contributed by atoms with Crippen LogP contribution in [0.5, 0.6) is 0 Å². The van der Waals surface area contributed by atoms with Gasteiger partial charge in [-0.25, -0.2) is 0 Å². The first-order chi connectivity index (χ1) is 14.4. The molecule has 1 aliphatic heterocycles. The fraction of sp³-hybridized carbons (Fsp3) is 0.273. The highest BCUT2D eigenvalue weighted by Crippen LogP contribution is 2.27. The van der Waals surface area contributed by atoms with Crippen molar-refractivity contribution >= 4 is 46.4 Å². The smallest absolute Gasteiger partial charge is 0.256 e. The first-order valence-corrected chi connectivity index (χ1v) is 10.1. The van der Waals surface area contributed by atoms with Gasteiger partial charge in [0, 0.05) is 25.7 Å². The second-order valence-electron chi connectivity index (χ2n) is 7.10. The van der Waals surface area contributed by atoms with Crippen molar-refractivity contribution in [2.24, 2.45) is 0 Å². The van der Waals surface area contributed by atoms with Crippen LogP contribution in [-0.4, -0.2) is 46.9 Å². The average molecular weight is 425 g/mol. The number of benzene rings is 2. The summed E-state index contributed by atoms with van der Waals surface area (Å²) in [5.74, 6) is -0.701. The van der Waals surface area contributed by atoms with Crippen molar-refractivity contribution in [3.05, 3.63) is 60.2 Å². The number of anilines is 2. The molecule has 1 aliphatic rings. The highest BCUT2D eigenvalue weighted by Gasteiger charge is 2.43. The van der Waals surface area contributed by atoms with Gasteiger partial charge >= 0.3 is 0 Å². The zero-order chi connectivity index (χ0) is 21.7. The molecule has 8 heteroatoms. The largest absolute Gasteiger partial charge is 0.355 e. The molecule has 2 aromatic rings. The SMILES string of the molecule is CC(=O)NCCN1C(=S)N(c2ccc(C)cc2)C(=O)[C@H]1CC(=O)Nc1ccccc1. The summed E-state index contributed by atoms with van der Waals surface area (Å²) in [7, 11) is 0. The van der Waals surface area contributed by atoms with E-state index in [0.717, 1.165) is 5.56 Å². The maximum absolute atomic E-state index is 13.2. The molecule has 0 spiro atoms. The summed E-state index contributed by atoms with van der Waals surface area (Å²) in [6, 6.07) is 15.8. The molecule has 30 heavy (non-hydrogen) atoms. The minimum atomic E-state index is -0.740. The second kappa shape index (κ2) is 9.49. The van der Waals surface area contributed by atoms with Gasteiger partial charge < -0.3 is 15.5 Å². The van der Waals surface area contributed by atoms with Crippen LogP contribution in [0.4, 0.5) is 11.4 Å². The summed E-state index contributed by atoms with van der Waals surface area (Å²) in [6.07, 6.45) is -0.0453. The van der Waals surface area contributed by atoms with Crippen LogP contribution in [0.2, 0.25) is 0 Å². The van der Waals surface area contributed by atoms with Crippen molar-refractivity contribution in [2.45, 2.75) is 26.3 Å². The highest BCUT2D eigenvalue weighted by atomic mass is 32.1. The molecule has 1 fully saturated rings. The van der Waals surface area contributed by atoms with Crippen molar-refractivity contribution < 1.29 is 14.4 Å². The van der Waals surface area contributed by atoms with Gasteiger partial charge in [0.25, 0.3) is 5.91 Å². The number of para-hydroxylation sites is 1. The van der Waals surface area contributed by atoms with E-state index in [0.29, 0.717) is 29.6 Å². The lowest BCUT2D eigenvalue weighted by Gasteiger charge is -2.24. The number of amides is 3. The lowest BCUT2D eigenvalue weighted by molar-refractivity contribution is -0.124. The number of aryl methyl sites for hydroxylation is 1. The van der Waals surface area contributed by atoms with E-state index < -0.39 is 6.04 Å². The van der Waals surface area contributed by atoms with Crippen LogP contribution < -0.4 is 15.5 Å². The summed E-state index contributed by atoms with van der Waals surface area (Å²) in [5.41, 5.74) is 2.39. The van der Waals surface area contributed by atoms with Gasteiger partial charge in [0.15, 0.2) is 5.11 Å². The van der Waals surface area contributed by atoms with Crippen LogP contribution in [0.1, 0.15) is 18.9 Å². The first kappa shape index (κ1) is 21.4. The lowest BCUT2D eigenvalue weighted by atomic mass is 10.1. The van der Waals surface area contributed by atoms with Crippen molar-refractivity contribution in [1.82, 2.24) is 10.2 Å². The zero-order valence-corrected chi connectivity index (χ0v) is 17.7. The Morgan fingerprint density at radius 2 is 1.73 bits per heavy atom. The number of nitrogens with zero attached hydrogens (tertiary/aromatic N) is 2. The fourth-order valence-electron chi connectivity index (χ4n) is 3.28. The molecule has 0 saturated carbocycles. The minimum absolute atomic E-state index is 0.0453. The standard InChI is InChI=1S/C22H24N4O3S/c1-15-8-10-18(11-9-15)26-21(29)19(25(22(26)30)13-12-23-16(2)27)14-20(28)24-17-6-4-3-5-7-17/h3-11,19H,12-14H2,1-2H3,(H,23,27)(H,24,28)/t19-/m1/s1. The molecule has 3 amide bonds. The minimum Gasteiger partial charge on any atom is -0.355 e. The number of thiocarbonyl (C=S) groups is 1. The Kier molecular flexibility index (Phi) is 6.79. The molecule has 2 N–H and O–H groups in total. The lowest BCUT2D eigenvalue weighted by Crippen LogP contribution is -2.42. The Morgan fingerprint density at radius 1 is 1.07 bits per heavy atom. The zero-order valence-electron chi connectivity index (χ0n) is 16.9. The topological polar surface area (TPSA) is 81.8 Å². The van der Waals surface area contributed by atoms with E-state index in [2.05, 4.69) is 10.6 Å². The summed E-state index contributed by atoms with van der Waals surface area (Å²) < 4.78 is 0. The Morgan fingerprint density at radius 3 is 2.37 bits per heavy atom. The molecule has 0 aliphatic carbocycles. The van der Waals surface area contributed by atoms with Crippen LogP contribution >= 0.6 is 12.2 Å². The molecule has 156 valence electrons. The van der Waals surface area contributed by atoms with Crippen molar-refractivity contribution in [2.75, 3.05) is 23.3 Å². The maximum Gasteiger partial charge on any atom is 0.256 e. The van der Waals surface area contributed by atoms with Gasteiger partial charge in [0.05, 0.1) is 12.1 Å². The number of carbonyl (C=O) groups is 3. The molecular formula is C22H24N4O3S. The normalized spacial score (nSPS) is 16.0. The van der Waals surface area contributed by atoms with Crippen molar-refractivity contribution in [1.29, 1.82) is 0 Å². The number of hydrogen-bond donors (Lipinski definition) is 2. The molecule has 3 rings (SSSR count). The van der Waals surface area contributed by atoms with Gasteiger partial charge in [-0.3, -0.25) is 19.3 Å². The average Bonchev–Trinajstić information content (AvgIpc) is 2.93. The van der Waals surface area contributed by atoms with Crippen LogP contribution in [0, 0.1) is 6.92 Å². The summed E-state index contributed by atoms with van der Waals surface area (Å²) in [6.45, 7) is 4.04. The van der Waals surface area contributed by atoms with Gasteiger partial charge in [0.1, 0.15) is 6.04 Å². The number of hydrogen-bond acceptors (Lipinski definition) is 4. The van der Waals surface area contributed by atoms with Crippen LogP contribution in [0.25, 0.3) is 0 Å². The molecule has 1 heterocycles. The van der Waals surface area contributed by atoms with Crippen molar-refractivity contribution in [3.8, 4) is 0 Å². The molecule has 1 saturated heterocycles. The predicted molar refractivity (Wildman–Crippen MR) is 120 cm³/mol. The maximum atomic E-state index is 13.2. The van der Waals surface area contributed by atoms with Gasteiger partial charge in [0.2, 0.25) is 11.8 Å². The summed E-state index contributed by atoms with van der Waals surface area (Å²) >= 11 is 5.58. The van der Waals surface area contributed by atoms with Gasteiger partial charge in [-0.05, 0) is 43.4 Å².